The van der Waals surface area contributed by atoms with E-state index in [1.807, 2.05) is 82.1 Å². The zero-order valence-corrected chi connectivity index (χ0v) is 50.8. The van der Waals surface area contributed by atoms with Crippen LogP contribution in [0.5, 0.6) is 11.5 Å². The van der Waals surface area contributed by atoms with E-state index in [0.29, 0.717) is 28.4 Å². The first kappa shape index (κ1) is 49.7. The Morgan fingerprint density at radius 3 is 1.83 bits per heavy atom. The molecule has 0 aliphatic heterocycles. The number of ether oxygens (including phenoxy) is 1. The zero-order chi connectivity index (χ0) is 60.8. The van der Waals surface area contributed by atoms with Crippen LogP contribution in [0, 0.1) is 18.5 Å². The molecular formula is C76H70N4OPt-2. The van der Waals surface area contributed by atoms with Crippen molar-refractivity contribution in [3.63, 3.8) is 0 Å². The molecule has 12 aromatic rings. The van der Waals surface area contributed by atoms with Gasteiger partial charge in [0.05, 0.1) is 23.6 Å². The van der Waals surface area contributed by atoms with Crippen molar-refractivity contribution in [2.75, 3.05) is 0 Å². The van der Waals surface area contributed by atoms with Gasteiger partial charge in [-0.1, -0.05) is 245 Å². The van der Waals surface area contributed by atoms with E-state index in [9.17, 15) is 2.74 Å². The van der Waals surface area contributed by atoms with Gasteiger partial charge < -0.3 is 13.9 Å². The maximum absolute atomic E-state index is 9.28. The molecule has 0 bridgehead atoms. The van der Waals surface area contributed by atoms with Gasteiger partial charge in [0.25, 0.3) is 6.33 Å². The third-order valence-corrected chi connectivity index (χ3v) is 15.8. The van der Waals surface area contributed by atoms with Gasteiger partial charge in [0.1, 0.15) is 5.82 Å². The molecule has 0 fully saturated rings. The third kappa shape index (κ3) is 10.8. The molecule has 3 heterocycles. The summed E-state index contributed by atoms with van der Waals surface area (Å²) in [5.74, 6) is 1.73. The summed E-state index contributed by atoms with van der Waals surface area (Å²) in [6.07, 6.45) is 6.50. The van der Waals surface area contributed by atoms with Gasteiger partial charge in [0.2, 0.25) is 0 Å². The van der Waals surface area contributed by atoms with Crippen LogP contribution in [0.25, 0.3) is 83.4 Å². The van der Waals surface area contributed by atoms with Crippen LogP contribution in [0.4, 0.5) is 0 Å². The minimum absolute atomic E-state index is 0. The van der Waals surface area contributed by atoms with E-state index in [2.05, 4.69) is 208 Å². The minimum atomic E-state index is -0.448. The maximum Gasteiger partial charge on any atom is 0.268 e. The standard InChI is InChI=1S/C76H70N4O.Pt/c1-73(2,3)55-38-36-52(37-39-55)66-49-77-71(44-54(66)48-76(10,11)56-26-16-13-17-27-56)80-67-33-19-18-30-64(67)65-41-40-61(47-70(65)80)81-60-29-22-28-59(46-60)78-50-79(69-35-21-20-34-68(69)78)72-62(51-24-14-12-15-25-51)31-23-32-63(72)53-42-57(74(4,5)6)45-58(43-53)75(7,8)9;/h12-45,49H,48H2,1-11H3;/q-2;/i12D,14D,15D,24D,25D;. The predicted molar refractivity (Wildman–Crippen MR) is 336 cm³/mol. The molecule has 0 saturated heterocycles. The maximum atomic E-state index is 9.28. The summed E-state index contributed by atoms with van der Waals surface area (Å²) in [7, 11) is 0. The smallest absolute Gasteiger partial charge is 0.268 e. The Labute approximate surface area is 506 Å². The summed E-state index contributed by atoms with van der Waals surface area (Å²) in [6.45, 7) is 24.6. The number of rotatable bonds is 11. The second-order valence-electron chi connectivity index (χ2n) is 25.2. The van der Waals surface area contributed by atoms with E-state index in [1.54, 1.807) is 0 Å². The second kappa shape index (κ2) is 21.7. The van der Waals surface area contributed by atoms with Crippen LogP contribution in [0.3, 0.4) is 0 Å². The number of pyridine rings is 1. The Morgan fingerprint density at radius 2 is 1.13 bits per heavy atom. The van der Waals surface area contributed by atoms with E-state index in [4.69, 9.17) is 13.8 Å². The molecule has 9 aromatic carbocycles. The Morgan fingerprint density at radius 1 is 0.512 bits per heavy atom. The van der Waals surface area contributed by atoms with Crippen LogP contribution in [0.15, 0.2) is 212 Å². The Balaban J connectivity index is 0.00000784. The summed E-state index contributed by atoms with van der Waals surface area (Å²) in [6, 6.07) is 66.1. The number of fused-ring (bicyclic) bond motifs is 4. The third-order valence-electron chi connectivity index (χ3n) is 15.8. The fourth-order valence-electron chi connectivity index (χ4n) is 11.2. The van der Waals surface area contributed by atoms with Crippen molar-refractivity contribution in [3.05, 3.63) is 259 Å². The minimum Gasteiger partial charge on any atom is -0.510 e. The van der Waals surface area contributed by atoms with Crippen LogP contribution in [0.1, 0.15) is 111 Å². The number of aromatic nitrogens is 4. The average molecular weight is 1260 g/mol. The first-order valence-electron chi connectivity index (χ1n) is 30.5. The van der Waals surface area contributed by atoms with E-state index >= 15 is 0 Å². The van der Waals surface area contributed by atoms with Gasteiger partial charge in [-0.3, -0.25) is 4.57 Å². The van der Waals surface area contributed by atoms with E-state index in [1.165, 1.54) is 16.7 Å². The van der Waals surface area contributed by atoms with E-state index in [0.717, 1.165) is 78.5 Å². The van der Waals surface area contributed by atoms with Crippen LogP contribution in [0.2, 0.25) is 0 Å². The summed E-state index contributed by atoms with van der Waals surface area (Å²) in [5.41, 5.74) is 14.6. The van der Waals surface area contributed by atoms with Gasteiger partial charge in [-0.2, -0.15) is 18.2 Å². The molecule has 5 nitrogen and oxygen atoms in total. The Kier molecular flexibility index (Phi) is 13.1. The molecule has 6 heteroatoms. The molecule has 0 amide bonds. The van der Waals surface area contributed by atoms with Gasteiger partial charge in [0.15, 0.2) is 0 Å². The second-order valence-corrected chi connectivity index (χ2v) is 25.2. The molecule has 0 aliphatic rings. The molecule has 0 radical (unpaired) electrons. The number of imidazole rings is 1. The molecule has 82 heavy (non-hydrogen) atoms. The van der Waals surface area contributed by atoms with Gasteiger partial charge in [0, 0.05) is 49.8 Å². The average Bonchev–Trinajstić information content (AvgIpc) is 1.81. The summed E-state index contributed by atoms with van der Waals surface area (Å²) >= 11 is 0. The van der Waals surface area contributed by atoms with Crippen molar-refractivity contribution in [1.29, 1.82) is 0 Å². The number of hydrogen-bond acceptors (Lipinski definition) is 2. The topological polar surface area (TPSA) is 35.9 Å². The summed E-state index contributed by atoms with van der Waals surface area (Å²) in [5, 5.41) is 2.09. The number of para-hydroxylation sites is 4. The fraction of sp³-hybridized carbons (Fsp3) is 0.211. The van der Waals surface area contributed by atoms with E-state index in [-0.39, 0.29) is 60.4 Å². The van der Waals surface area contributed by atoms with Crippen molar-refractivity contribution < 1.29 is 37.2 Å². The quantitative estimate of drug-likeness (QED) is 0.0956. The van der Waals surface area contributed by atoms with Crippen molar-refractivity contribution in [3.8, 4) is 62.1 Å². The first-order chi connectivity index (χ1) is 40.9. The van der Waals surface area contributed by atoms with Gasteiger partial charge >= 0.3 is 0 Å². The normalized spacial score (nSPS) is 13.1. The number of hydrogen-bond donors (Lipinski definition) is 0. The van der Waals surface area contributed by atoms with Crippen LogP contribution in [-0.2, 0) is 49.1 Å². The zero-order valence-electron chi connectivity index (χ0n) is 53.5. The molecule has 0 atom stereocenters. The van der Waals surface area contributed by atoms with Crippen molar-refractivity contribution in [1.82, 2.24) is 14.1 Å². The molecule has 0 unspecified atom stereocenters. The van der Waals surface area contributed by atoms with Gasteiger partial charge in [-0.05, 0) is 107 Å². The molecule has 0 spiro atoms. The fourth-order valence-corrected chi connectivity index (χ4v) is 11.2. The van der Waals surface area contributed by atoms with Crippen LogP contribution >= 0.6 is 0 Å². The van der Waals surface area contributed by atoms with Crippen molar-refractivity contribution in [2.24, 2.45) is 0 Å². The molecule has 412 valence electrons. The molecule has 3 aromatic heterocycles. The molecular weight excluding hydrogens is 1180 g/mol. The predicted octanol–water partition coefficient (Wildman–Crippen LogP) is 19.0. The van der Waals surface area contributed by atoms with Crippen LogP contribution in [-0.4, -0.2) is 14.1 Å². The largest absolute Gasteiger partial charge is 0.510 e. The monoisotopic (exact) mass is 1250 g/mol. The van der Waals surface area contributed by atoms with Gasteiger partial charge in [-0.15, -0.1) is 29.7 Å². The molecule has 0 saturated carbocycles. The Hall–Kier alpha value is -8.11. The Bertz CT molecular complexity index is 4560. The molecule has 0 aliphatic carbocycles. The molecule has 12 rings (SSSR count). The summed E-state index contributed by atoms with van der Waals surface area (Å²) in [4.78, 5) is 5.28. The van der Waals surface area contributed by atoms with E-state index < -0.39 is 18.1 Å². The SMILES string of the molecule is [2H]c1c([2H])c([2H])c(-c2cccc(-c3cc(C(C)(C)C)cc(C(C)(C)C)c3)c2-[n+]2[c-]n(-c3[c-]c(Oc4[c-]c5c(cc4)c4ccccc4n5-c4cc(CC(C)(C)c5ccccc5)c(-c5ccc(C(C)(C)C)cc5)cn4)ccc3)c3ccccc32)c([2H])c1[2H].[Pt]. The first-order valence-corrected chi connectivity index (χ1v) is 28.0. The van der Waals surface area contributed by atoms with Crippen molar-refractivity contribution >= 4 is 32.8 Å². The van der Waals surface area contributed by atoms with Crippen LogP contribution < -0.4 is 9.30 Å². The van der Waals surface area contributed by atoms with Crippen molar-refractivity contribution in [2.45, 2.75) is 104 Å². The van der Waals surface area contributed by atoms with Gasteiger partial charge in [-0.25, -0.2) is 4.98 Å². The summed E-state index contributed by atoms with van der Waals surface area (Å²) < 4.78 is 57.6. The number of benzene rings is 9. The molecule has 0 N–H and O–H groups in total. The number of nitrogens with zero attached hydrogens (tertiary/aromatic N) is 4.